The third-order valence-electron chi connectivity index (χ3n) is 2.42. The van der Waals surface area contributed by atoms with Crippen LogP contribution in [-0.4, -0.2) is 28.8 Å². The number of ether oxygens (including phenoxy) is 1. The van der Waals surface area contributed by atoms with Crippen LogP contribution < -0.4 is 5.32 Å². The van der Waals surface area contributed by atoms with Gasteiger partial charge >= 0.3 is 12.1 Å². The number of carboxylic acids is 1. The lowest BCUT2D eigenvalue weighted by Crippen LogP contribution is -2.44. The molecule has 7 heteroatoms. The van der Waals surface area contributed by atoms with Gasteiger partial charge in [0.15, 0.2) is 0 Å². The zero-order valence-electron chi connectivity index (χ0n) is 11.9. The highest BCUT2D eigenvalue weighted by molar-refractivity contribution is 5.80. The monoisotopic (exact) mass is 301 g/mol. The molecule has 0 aliphatic rings. The highest BCUT2D eigenvalue weighted by atomic mass is 19.1. The van der Waals surface area contributed by atoms with Crippen molar-refractivity contribution in [2.24, 2.45) is 0 Å². The molecule has 0 saturated heterocycles. The minimum Gasteiger partial charge on any atom is -0.480 e. The van der Waals surface area contributed by atoms with Crippen molar-refractivity contribution in [3.8, 4) is 0 Å². The van der Waals surface area contributed by atoms with Gasteiger partial charge in [-0.3, -0.25) is 0 Å². The Kier molecular flexibility index (Phi) is 5.23. The van der Waals surface area contributed by atoms with Crippen LogP contribution in [0, 0.1) is 11.6 Å². The number of carboxylic acid groups (broad SMARTS) is 1. The molecular weight excluding hydrogens is 284 g/mol. The summed E-state index contributed by atoms with van der Waals surface area (Å²) in [7, 11) is 0. The highest BCUT2D eigenvalue weighted by Crippen LogP contribution is 2.13. The molecule has 0 saturated carbocycles. The lowest BCUT2D eigenvalue weighted by Gasteiger charge is -2.22. The zero-order chi connectivity index (χ0) is 16.2. The van der Waals surface area contributed by atoms with Crippen molar-refractivity contribution in [1.82, 2.24) is 5.32 Å². The number of carbonyl (C=O) groups excluding carboxylic acids is 1. The Hall–Kier alpha value is -2.18. The highest BCUT2D eigenvalue weighted by Gasteiger charge is 2.25. The minimum atomic E-state index is -1.42. The van der Waals surface area contributed by atoms with Gasteiger partial charge in [-0.2, -0.15) is 0 Å². The molecule has 116 valence electrons. The number of amides is 1. The SMILES string of the molecule is CC(C)(C)OC(=O)NC(Cc1cc(F)ccc1F)C(=O)O. The first-order chi connectivity index (χ1) is 9.58. The van der Waals surface area contributed by atoms with E-state index in [1.807, 2.05) is 0 Å². The van der Waals surface area contributed by atoms with Crippen LogP contribution in [-0.2, 0) is 16.0 Å². The second-order valence-corrected chi connectivity index (χ2v) is 5.48. The van der Waals surface area contributed by atoms with Gasteiger partial charge in [0.05, 0.1) is 0 Å². The summed E-state index contributed by atoms with van der Waals surface area (Å²) in [4.78, 5) is 22.7. The smallest absolute Gasteiger partial charge is 0.408 e. The van der Waals surface area contributed by atoms with Gasteiger partial charge in [-0.25, -0.2) is 18.4 Å². The molecule has 0 aliphatic carbocycles. The van der Waals surface area contributed by atoms with Crippen LogP contribution in [0.5, 0.6) is 0 Å². The first-order valence-electron chi connectivity index (χ1n) is 6.25. The van der Waals surface area contributed by atoms with Crippen LogP contribution in [0.15, 0.2) is 18.2 Å². The van der Waals surface area contributed by atoms with E-state index in [-0.39, 0.29) is 5.56 Å². The van der Waals surface area contributed by atoms with Gasteiger partial charge in [0, 0.05) is 6.42 Å². The van der Waals surface area contributed by atoms with Crippen molar-refractivity contribution in [2.75, 3.05) is 0 Å². The summed E-state index contributed by atoms with van der Waals surface area (Å²) in [6.45, 7) is 4.86. The molecule has 1 atom stereocenters. The van der Waals surface area contributed by atoms with Crippen molar-refractivity contribution >= 4 is 12.1 Å². The van der Waals surface area contributed by atoms with E-state index in [0.717, 1.165) is 18.2 Å². The molecule has 1 unspecified atom stereocenters. The maximum atomic E-state index is 13.5. The average Bonchev–Trinajstić information content (AvgIpc) is 2.30. The van der Waals surface area contributed by atoms with Crippen LogP contribution in [0.4, 0.5) is 13.6 Å². The average molecular weight is 301 g/mol. The summed E-state index contributed by atoms with van der Waals surface area (Å²) >= 11 is 0. The molecule has 0 bridgehead atoms. The second kappa shape index (κ2) is 6.51. The fraction of sp³-hybridized carbons (Fsp3) is 0.429. The standard InChI is InChI=1S/C14H17F2NO4/c1-14(2,3)21-13(20)17-11(12(18)19)7-8-6-9(15)4-5-10(8)16/h4-6,11H,7H2,1-3H3,(H,17,20)(H,18,19). The number of hydrogen-bond acceptors (Lipinski definition) is 3. The fourth-order valence-electron chi connectivity index (χ4n) is 1.57. The van der Waals surface area contributed by atoms with E-state index in [4.69, 9.17) is 9.84 Å². The molecular formula is C14H17F2NO4. The van der Waals surface area contributed by atoms with Gasteiger partial charge < -0.3 is 15.2 Å². The lowest BCUT2D eigenvalue weighted by atomic mass is 10.1. The summed E-state index contributed by atoms with van der Waals surface area (Å²) in [5.41, 5.74) is -0.935. The largest absolute Gasteiger partial charge is 0.480 e. The Morgan fingerprint density at radius 2 is 1.95 bits per heavy atom. The van der Waals surface area contributed by atoms with Crippen molar-refractivity contribution in [2.45, 2.75) is 38.8 Å². The molecule has 0 heterocycles. The molecule has 1 aromatic rings. The Morgan fingerprint density at radius 3 is 2.48 bits per heavy atom. The van der Waals surface area contributed by atoms with Crippen molar-refractivity contribution in [3.63, 3.8) is 0 Å². The van der Waals surface area contributed by atoms with Gasteiger partial charge in [-0.15, -0.1) is 0 Å². The minimum absolute atomic E-state index is 0.140. The Labute approximate surface area is 120 Å². The molecule has 0 radical (unpaired) electrons. The van der Waals surface area contributed by atoms with E-state index < -0.39 is 41.8 Å². The third-order valence-corrected chi connectivity index (χ3v) is 2.42. The molecule has 5 nitrogen and oxygen atoms in total. The first-order valence-corrected chi connectivity index (χ1v) is 6.25. The number of alkyl carbamates (subject to hydrolysis) is 1. The Morgan fingerprint density at radius 1 is 1.33 bits per heavy atom. The van der Waals surface area contributed by atoms with E-state index in [1.165, 1.54) is 0 Å². The molecule has 21 heavy (non-hydrogen) atoms. The predicted molar refractivity (Wildman–Crippen MR) is 70.9 cm³/mol. The number of halogens is 2. The summed E-state index contributed by atoms with van der Waals surface area (Å²) in [6.07, 6.45) is -1.33. The normalized spacial score (nSPS) is 12.6. The number of hydrogen-bond donors (Lipinski definition) is 2. The zero-order valence-corrected chi connectivity index (χ0v) is 11.9. The molecule has 0 aromatic heterocycles. The summed E-state index contributed by atoms with van der Waals surface area (Å²) in [5, 5.41) is 11.2. The van der Waals surface area contributed by atoms with E-state index in [1.54, 1.807) is 20.8 Å². The lowest BCUT2D eigenvalue weighted by molar-refractivity contribution is -0.139. The number of nitrogens with one attached hydrogen (secondary N) is 1. The van der Waals surface area contributed by atoms with Gasteiger partial charge in [-0.1, -0.05) is 0 Å². The molecule has 0 spiro atoms. The maximum absolute atomic E-state index is 13.5. The Balaban J connectivity index is 2.81. The Bertz CT molecular complexity index is 540. The summed E-state index contributed by atoms with van der Waals surface area (Å²) < 4.78 is 31.5. The molecule has 0 fully saturated rings. The van der Waals surface area contributed by atoms with Crippen LogP contribution in [0.25, 0.3) is 0 Å². The van der Waals surface area contributed by atoms with Crippen LogP contribution in [0.1, 0.15) is 26.3 Å². The van der Waals surface area contributed by atoms with Crippen molar-refractivity contribution in [3.05, 3.63) is 35.4 Å². The summed E-state index contributed by atoms with van der Waals surface area (Å²) in [5.74, 6) is -2.80. The van der Waals surface area contributed by atoms with Gasteiger partial charge in [0.25, 0.3) is 0 Å². The number of carbonyl (C=O) groups is 2. The van der Waals surface area contributed by atoms with Gasteiger partial charge in [0.2, 0.25) is 0 Å². The number of benzene rings is 1. The van der Waals surface area contributed by atoms with E-state index in [2.05, 4.69) is 5.32 Å². The predicted octanol–water partition coefficient (Wildman–Crippen LogP) is 2.49. The second-order valence-electron chi connectivity index (χ2n) is 5.48. The fourth-order valence-corrected chi connectivity index (χ4v) is 1.57. The maximum Gasteiger partial charge on any atom is 0.408 e. The third kappa shape index (κ3) is 5.76. The van der Waals surface area contributed by atoms with E-state index >= 15 is 0 Å². The quantitative estimate of drug-likeness (QED) is 0.896. The van der Waals surface area contributed by atoms with Gasteiger partial charge in [-0.05, 0) is 44.5 Å². The van der Waals surface area contributed by atoms with Crippen LogP contribution in [0.3, 0.4) is 0 Å². The summed E-state index contributed by atoms with van der Waals surface area (Å²) in [6, 6.07) is 1.30. The molecule has 1 aromatic carbocycles. The topological polar surface area (TPSA) is 75.6 Å². The molecule has 1 amide bonds. The van der Waals surface area contributed by atoms with Crippen LogP contribution >= 0.6 is 0 Å². The molecule has 2 N–H and O–H groups in total. The molecule has 1 rings (SSSR count). The van der Waals surface area contributed by atoms with Gasteiger partial charge in [0.1, 0.15) is 23.3 Å². The number of rotatable bonds is 4. The number of aliphatic carboxylic acids is 1. The molecule has 0 aliphatic heterocycles. The van der Waals surface area contributed by atoms with E-state index in [9.17, 15) is 18.4 Å². The first kappa shape index (κ1) is 16.9. The van der Waals surface area contributed by atoms with Crippen molar-refractivity contribution < 1.29 is 28.2 Å². The van der Waals surface area contributed by atoms with Crippen LogP contribution in [0.2, 0.25) is 0 Å². The van der Waals surface area contributed by atoms with E-state index in [0.29, 0.717) is 0 Å². The van der Waals surface area contributed by atoms with Crippen molar-refractivity contribution in [1.29, 1.82) is 0 Å².